The Morgan fingerprint density at radius 2 is 2.00 bits per heavy atom. The minimum absolute atomic E-state index is 0.134. The largest absolute Gasteiger partial charge is 0.356 e. The van der Waals surface area contributed by atoms with Crippen molar-refractivity contribution in [2.75, 3.05) is 24.5 Å². The standard InChI is InChI=1S/C15H21N5O2S/c21-23(22,12-1-2-12)19-9-11-4-7-20(8-5-11)15-13-3-6-16-14(13)17-10-18-15/h3,6,10-12,19H,1-2,4-5,7-9H2,(H,16,17,18). The van der Waals surface area contributed by atoms with Crippen molar-refractivity contribution in [2.24, 2.45) is 5.92 Å². The third-order valence-electron chi connectivity index (χ3n) is 4.78. The highest BCUT2D eigenvalue weighted by Crippen LogP contribution is 2.29. The maximum Gasteiger partial charge on any atom is 0.214 e. The molecule has 0 unspecified atom stereocenters. The van der Waals surface area contributed by atoms with E-state index in [1.165, 1.54) is 0 Å². The Hall–Kier alpha value is -1.67. The minimum Gasteiger partial charge on any atom is -0.356 e. The van der Waals surface area contributed by atoms with Crippen LogP contribution in [0.2, 0.25) is 0 Å². The van der Waals surface area contributed by atoms with Crippen LogP contribution in [0.5, 0.6) is 0 Å². The van der Waals surface area contributed by atoms with Gasteiger partial charge in [-0.2, -0.15) is 0 Å². The Morgan fingerprint density at radius 1 is 1.22 bits per heavy atom. The van der Waals surface area contributed by atoms with Gasteiger partial charge in [-0.3, -0.25) is 0 Å². The van der Waals surface area contributed by atoms with Gasteiger partial charge in [-0.25, -0.2) is 23.1 Å². The second-order valence-electron chi connectivity index (χ2n) is 6.46. The summed E-state index contributed by atoms with van der Waals surface area (Å²) in [6, 6.07) is 2.00. The molecule has 1 aliphatic carbocycles. The first-order chi connectivity index (χ1) is 11.1. The monoisotopic (exact) mass is 335 g/mol. The van der Waals surface area contributed by atoms with Gasteiger partial charge in [0, 0.05) is 25.8 Å². The van der Waals surface area contributed by atoms with Crippen LogP contribution in [0.15, 0.2) is 18.6 Å². The van der Waals surface area contributed by atoms with E-state index in [4.69, 9.17) is 0 Å². The number of aromatic amines is 1. The Morgan fingerprint density at radius 3 is 2.74 bits per heavy atom. The lowest BCUT2D eigenvalue weighted by atomic mass is 9.97. The van der Waals surface area contributed by atoms with Crippen LogP contribution >= 0.6 is 0 Å². The zero-order chi connectivity index (χ0) is 15.9. The zero-order valence-electron chi connectivity index (χ0n) is 12.9. The topological polar surface area (TPSA) is 91.0 Å². The molecule has 0 bridgehead atoms. The number of nitrogens with zero attached hydrogens (tertiary/aromatic N) is 3. The summed E-state index contributed by atoms with van der Waals surface area (Å²) in [6.07, 6.45) is 7.04. The molecule has 124 valence electrons. The van der Waals surface area contributed by atoms with Crippen LogP contribution in [0.4, 0.5) is 5.82 Å². The first-order valence-corrected chi connectivity index (χ1v) is 9.69. The molecule has 2 aromatic heterocycles. The van der Waals surface area contributed by atoms with Crippen LogP contribution in [0.3, 0.4) is 0 Å². The Labute approximate surface area is 135 Å². The number of sulfonamides is 1. The Kier molecular flexibility index (Phi) is 3.73. The fraction of sp³-hybridized carbons (Fsp3) is 0.600. The quantitative estimate of drug-likeness (QED) is 0.858. The highest BCUT2D eigenvalue weighted by Gasteiger charge is 2.36. The van der Waals surface area contributed by atoms with Crippen molar-refractivity contribution in [1.82, 2.24) is 19.7 Å². The Bertz CT molecular complexity index is 791. The second-order valence-corrected chi connectivity index (χ2v) is 8.51. The maximum absolute atomic E-state index is 11.9. The number of hydrogen-bond acceptors (Lipinski definition) is 5. The number of rotatable bonds is 5. The molecule has 0 radical (unpaired) electrons. The summed E-state index contributed by atoms with van der Waals surface area (Å²) in [5, 5.41) is 0.908. The van der Waals surface area contributed by atoms with Crippen molar-refractivity contribution in [1.29, 1.82) is 0 Å². The lowest BCUT2D eigenvalue weighted by molar-refractivity contribution is 0.401. The molecule has 1 saturated heterocycles. The summed E-state index contributed by atoms with van der Waals surface area (Å²) in [5.41, 5.74) is 0.856. The van der Waals surface area contributed by atoms with Crippen molar-refractivity contribution in [3.8, 4) is 0 Å². The molecule has 7 nitrogen and oxygen atoms in total. The van der Waals surface area contributed by atoms with E-state index in [9.17, 15) is 8.42 Å². The molecule has 3 heterocycles. The number of hydrogen-bond donors (Lipinski definition) is 2. The molecule has 2 N–H and O–H groups in total. The minimum atomic E-state index is -3.06. The summed E-state index contributed by atoms with van der Waals surface area (Å²) in [4.78, 5) is 14.0. The summed E-state index contributed by atoms with van der Waals surface area (Å²) < 4.78 is 26.6. The fourth-order valence-corrected chi connectivity index (χ4v) is 4.65. The lowest BCUT2D eigenvalue weighted by Gasteiger charge is -2.33. The van der Waals surface area contributed by atoms with Gasteiger partial charge in [0.25, 0.3) is 0 Å². The smallest absolute Gasteiger partial charge is 0.214 e. The normalized spacial score (nSPS) is 20.3. The SMILES string of the molecule is O=S(=O)(NCC1CCN(c2ncnc3[nH]ccc23)CC1)C1CC1. The summed E-state index contributed by atoms with van der Waals surface area (Å²) in [6.45, 7) is 2.36. The predicted octanol–water partition coefficient (Wildman–Crippen LogP) is 1.26. The van der Waals surface area contributed by atoms with E-state index in [2.05, 4.69) is 24.6 Å². The summed E-state index contributed by atoms with van der Waals surface area (Å²) in [5.74, 6) is 1.37. The van der Waals surface area contributed by atoms with E-state index in [0.717, 1.165) is 55.6 Å². The fourth-order valence-electron chi connectivity index (χ4n) is 3.19. The van der Waals surface area contributed by atoms with Crippen LogP contribution in [0.1, 0.15) is 25.7 Å². The van der Waals surface area contributed by atoms with Gasteiger partial charge in [0.15, 0.2) is 0 Å². The van der Waals surface area contributed by atoms with E-state index in [1.807, 2.05) is 12.3 Å². The summed E-state index contributed by atoms with van der Waals surface area (Å²) in [7, 11) is -3.06. The van der Waals surface area contributed by atoms with Crippen LogP contribution in [0.25, 0.3) is 11.0 Å². The van der Waals surface area contributed by atoms with Crippen molar-refractivity contribution in [3.63, 3.8) is 0 Å². The molecule has 0 atom stereocenters. The number of anilines is 1. The van der Waals surface area contributed by atoms with Gasteiger partial charge >= 0.3 is 0 Å². The third-order valence-corrected chi connectivity index (χ3v) is 6.70. The van der Waals surface area contributed by atoms with Gasteiger partial charge < -0.3 is 9.88 Å². The van der Waals surface area contributed by atoms with Gasteiger partial charge in [0.05, 0.1) is 10.6 Å². The van der Waals surface area contributed by atoms with Gasteiger partial charge in [-0.15, -0.1) is 0 Å². The second kappa shape index (κ2) is 5.76. The average molecular weight is 335 g/mol. The third kappa shape index (κ3) is 3.05. The number of H-pyrrole nitrogens is 1. The molecule has 2 aliphatic rings. The Balaban J connectivity index is 1.36. The molecule has 8 heteroatoms. The van der Waals surface area contributed by atoms with Crippen LogP contribution < -0.4 is 9.62 Å². The number of aromatic nitrogens is 3. The molecule has 0 amide bonds. The van der Waals surface area contributed by atoms with Gasteiger partial charge in [-0.05, 0) is 37.7 Å². The molecular formula is C15H21N5O2S. The predicted molar refractivity (Wildman–Crippen MR) is 88.8 cm³/mol. The van der Waals surface area contributed by atoms with Crippen molar-refractivity contribution in [2.45, 2.75) is 30.9 Å². The molecule has 23 heavy (non-hydrogen) atoms. The molecular weight excluding hydrogens is 314 g/mol. The van der Waals surface area contributed by atoms with Gasteiger partial charge in [0.1, 0.15) is 17.8 Å². The molecule has 1 aliphatic heterocycles. The molecule has 2 fully saturated rings. The highest BCUT2D eigenvalue weighted by atomic mass is 32.2. The van der Waals surface area contributed by atoms with E-state index < -0.39 is 10.0 Å². The molecule has 0 spiro atoms. The number of fused-ring (bicyclic) bond motifs is 1. The van der Waals surface area contributed by atoms with Gasteiger partial charge in [0.2, 0.25) is 10.0 Å². The van der Waals surface area contributed by atoms with Crippen molar-refractivity contribution < 1.29 is 8.42 Å². The number of piperidine rings is 1. The molecule has 2 aromatic rings. The van der Waals surface area contributed by atoms with E-state index in [-0.39, 0.29) is 5.25 Å². The van der Waals surface area contributed by atoms with Gasteiger partial charge in [-0.1, -0.05) is 0 Å². The first kappa shape index (κ1) is 14.9. The molecule has 4 rings (SSSR count). The van der Waals surface area contributed by atoms with Crippen molar-refractivity contribution in [3.05, 3.63) is 18.6 Å². The van der Waals surface area contributed by atoms with Crippen LogP contribution in [-0.2, 0) is 10.0 Å². The average Bonchev–Trinajstić information content (AvgIpc) is 3.32. The van der Waals surface area contributed by atoms with E-state index in [0.29, 0.717) is 12.5 Å². The van der Waals surface area contributed by atoms with Crippen LogP contribution in [-0.4, -0.2) is 48.3 Å². The highest BCUT2D eigenvalue weighted by molar-refractivity contribution is 7.90. The number of nitrogens with one attached hydrogen (secondary N) is 2. The lowest BCUT2D eigenvalue weighted by Crippen LogP contribution is -2.39. The summed E-state index contributed by atoms with van der Waals surface area (Å²) >= 11 is 0. The molecule has 1 saturated carbocycles. The molecule has 0 aromatic carbocycles. The first-order valence-electron chi connectivity index (χ1n) is 8.15. The van der Waals surface area contributed by atoms with Crippen molar-refractivity contribution >= 4 is 26.9 Å². The zero-order valence-corrected chi connectivity index (χ0v) is 13.7. The van der Waals surface area contributed by atoms with Crippen LogP contribution in [0, 0.1) is 5.92 Å². The van der Waals surface area contributed by atoms with E-state index in [1.54, 1.807) is 6.33 Å². The van der Waals surface area contributed by atoms with E-state index >= 15 is 0 Å². The maximum atomic E-state index is 11.9.